The maximum absolute atomic E-state index is 12.6. The molecule has 0 amide bonds. The van der Waals surface area contributed by atoms with Crippen LogP contribution >= 0.6 is 7.82 Å². The molecule has 0 aromatic heterocycles. The number of carbonyl (C=O) groups is 2. The number of ether oxygens (including phenoxy) is 2. The van der Waals surface area contributed by atoms with Crippen LogP contribution in [0.1, 0.15) is 162 Å². The highest BCUT2D eigenvalue weighted by molar-refractivity contribution is 7.47. The summed E-state index contributed by atoms with van der Waals surface area (Å²) >= 11 is 0. The van der Waals surface area contributed by atoms with Gasteiger partial charge in [0.1, 0.15) is 12.7 Å². The molecule has 0 bridgehead atoms. The van der Waals surface area contributed by atoms with Crippen molar-refractivity contribution >= 4 is 19.8 Å². The number of aliphatic hydroxyl groups excluding tert-OH is 3. The highest BCUT2D eigenvalue weighted by Gasteiger charge is 2.27. The standard InChI is InChI=1S/C47H81O11P/c1-4-5-6-7-8-9-10-12-16-19-22-25-29-34-43(49)35-30-27-32-36-46(51)55-40-45(41-57-59(53,54)56-39-44(50)38-48)58-47(52)37-31-26-23-20-17-14-11-13-15-18-21-24-28-33-42(2)3/h5-6,8-9,12,16,22,25,27,29-30,34,42-45,48-50H,4,7,10-11,13-15,17-21,23-24,26,28,31-33,35-41H2,1-3H3,(H,53,54)/b6-5-,9-8-,16-12-,25-22-,30-27-,34-29-/t43?,44-,45+/m0/s1. The summed E-state index contributed by atoms with van der Waals surface area (Å²) in [6, 6.07) is 0. The predicted molar refractivity (Wildman–Crippen MR) is 239 cm³/mol. The summed E-state index contributed by atoms with van der Waals surface area (Å²) in [6.45, 7) is 4.39. The number of phosphoric acid groups is 1. The van der Waals surface area contributed by atoms with Crippen molar-refractivity contribution in [3.8, 4) is 0 Å². The molecule has 2 unspecified atom stereocenters. The molecule has 0 fully saturated rings. The Hall–Kier alpha value is -2.63. The third kappa shape index (κ3) is 41.9. The van der Waals surface area contributed by atoms with E-state index in [0.717, 1.165) is 50.9 Å². The molecule has 0 heterocycles. The maximum atomic E-state index is 12.6. The lowest BCUT2D eigenvalue weighted by molar-refractivity contribution is -0.161. The van der Waals surface area contributed by atoms with Crippen molar-refractivity contribution in [1.29, 1.82) is 0 Å². The molecule has 11 nitrogen and oxygen atoms in total. The average molecular weight is 853 g/mol. The third-order valence-corrected chi connectivity index (χ3v) is 10.1. The minimum Gasteiger partial charge on any atom is -0.462 e. The van der Waals surface area contributed by atoms with Crippen molar-refractivity contribution in [3.63, 3.8) is 0 Å². The molecule has 0 aliphatic heterocycles. The van der Waals surface area contributed by atoms with Crippen molar-refractivity contribution in [2.24, 2.45) is 5.92 Å². The van der Waals surface area contributed by atoms with Gasteiger partial charge < -0.3 is 29.7 Å². The fraction of sp³-hybridized carbons (Fsp3) is 0.702. The van der Waals surface area contributed by atoms with Crippen LogP contribution in [0.2, 0.25) is 0 Å². The maximum Gasteiger partial charge on any atom is 0.472 e. The molecule has 4 N–H and O–H groups in total. The molecule has 0 aliphatic carbocycles. The van der Waals surface area contributed by atoms with Gasteiger partial charge in [-0.15, -0.1) is 0 Å². The Morgan fingerprint density at radius 3 is 1.75 bits per heavy atom. The fourth-order valence-electron chi connectivity index (χ4n) is 5.70. The molecule has 0 rings (SSSR count). The molecule has 340 valence electrons. The topological polar surface area (TPSA) is 169 Å². The number of allylic oxidation sites excluding steroid dienone is 10. The molecular weight excluding hydrogens is 771 g/mol. The Morgan fingerprint density at radius 2 is 1.17 bits per heavy atom. The Kier molecular flexibility index (Phi) is 38.9. The molecule has 0 aromatic carbocycles. The first kappa shape index (κ1) is 56.4. The van der Waals surface area contributed by atoms with Crippen LogP contribution in [0, 0.1) is 5.92 Å². The number of phosphoric ester groups is 1. The van der Waals surface area contributed by atoms with Gasteiger partial charge in [0.25, 0.3) is 0 Å². The van der Waals surface area contributed by atoms with E-state index in [2.05, 4.69) is 61.8 Å². The predicted octanol–water partition coefficient (Wildman–Crippen LogP) is 10.9. The number of unbranched alkanes of at least 4 members (excludes halogenated alkanes) is 12. The van der Waals surface area contributed by atoms with Gasteiger partial charge in [0.2, 0.25) is 0 Å². The van der Waals surface area contributed by atoms with Crippen LogP contribution in [0.4, 0.5) is 0 Å². The number of hydrogen-bond acceptors (Lipinski definition) is 10. The van der Waals surface area contributed by atoms with Crippen molar-refractivity contribution in [1.82, 2.24) is 0 Å². The van der Waals surface area contributed by atoms with E-state index in [1.807, 2.05) is 12.2 Å². The molecule has 0 spiro atoms. The summed E-state index contributed by atoms with van der Waals surface area (Å²) in [5, 5.41) is 28.5. The minimum absolute atomic E-state index is 0.0329. The van der Waals surface area contributed by atoms with Crippen LogP contribution in [-0.2, 0) is 32.7 Å². The molecule has 0 saturated carbocycles. The number of carbonyl (C=O) groups excluding carboxylic acids is 2. The van der Waals surface area contributed by atoms with Crippen LogP contribution in [0.15, 0.2) is 72.9 Å². The van der Waals surface area contributed by atoms with Crippen molar-refractivity contribution in [2.45, 2.75) is 180 Å². The highest BCUT2D eigenvalue weighted by Crippen LogP contribution is 2.43. The monoisotopic (exact) mass is 853 g/mol. The Bertz CT molecular complexity index is 1240. The van der Waals surface area contributed by atoms with E-state index in [4.69, 9.17) is 19.1 Å². The zero-order valence-corrected chi connectivity index (χ0v) is 37.6. The largest absolute Gasteiger partial charge is 0.472 e. The van der Waals surface area contributed by atoms with E-state index < -0.39 is 64.5 Å². The first-order chi connectivity index (χ1) is 28.5. The van der Waals surface area contributed by atoms with Crippen LogP contribution in [0.25, 0.3) is 0 Å². The van der Waals surface area contributed by atoms with Gasteiger partial charge in [-0.05, 0) is 50.9 Å². The number of hydrogen-bond donors (Lipinski definition) is 4. The smallest absolute Gasteiger partial charge is 0.462 e. The van der Waals surface area contributed by atoms with Gasteiger partial charge in [-0.25, -0.2) is 4.57 Å². The van der Waals surface area contributed by atoms with Gasteiger partial charge in [0.15, 0.2) is 6.10 Å². The molecule has 59 heavy (non-hydrogen) atoms. The normalized spacial score (nSPS) is 15.1. The molecule has 0 radical (unpaired) electrons. The summed E-state index contributed by atoms with van der Waals surface area (Å²) in [4.78, 5) is 35.0. The van der Waals surface area contributed by atoms with Gasteiger partial charge >= 0.3 is 19.8 Å². The Labute approximate surface area is 357 Å². The number of aliphatic hydroxyl groups is 3. The van der Waals surface area contributed by atoms with Gasteiger partial charge in [0, 0.05) is 12.8 Å². The molecule has 0 aliphatic rings. The molecule has 0 saturated heterocycles. The Morgan fingerprint density at radius 1 is 0.627 bits per heavy atom. The van der Waals surface area contributed by atoms with Crippen molar-refractivity contribution < 1.29 is 52.9 Å². The highest BCUT2D eigenvalue weighted by atomic mass is 31.2. The van der Waals surface area contributed by atoms with E-state index >= 15 is 0 Å². The lowest BCUT2D eigenvalue weighted by atomic mass is 10.0. The second-order valence-electron chi connectivity index (χ2n) is 15.4. The van der Waals surface area contributed by atoms with Crippen LogP contribution in [0.3, 0.4) is 0 Å². The number of rotatable bonds is 40. The van der Waals surface area contributed by atoms with E-state index in [1.54, 1.807) is 24.3 Å². The van der Waals surface area contributed by atoms with Crippen LogP contribution < -0.4 is 0 Å². The van der Waals surface area contributed by atoms with Crippen molar-refractivity contribution in [2.75, 3.05) is 26.4 Å². The zero-order valence-electron chi connectivity index (χ0n) is 36.7. The summed E-state index contributed by atoms with van der Waals surface area (Å²) in [7, 11) is -4.66. The summed E-state index contributed by atoms with van der Waals surface area (Å²) in [5.74, 6) is -0.305. The van der Waals surface area contributed by atoms with Gasteiger partial charge in [-0.1, -0.05) is 177 Å². The molecule has 4 atom stereocenters. The fourth-order valence-corrected chi connectivity index (χ4v) is 6.49. The van der Waals surface area contributed by atoms with Crippen LogP contribution in [0.5, 0.6) is 0 Å². The molecule has 0 aromatic rings. The van der Waals surface area contributed by atoms with Crippen LogP contribution in [-0.4, -0.2) is 76.9 Å². The second-order valence-corrected chi connectivity index (χ2v) is 16.8. The van der Waals surface area contributed by atoms with E-state index in [1.165, 1.54) is 64.2 Å². The van der Waals surface area contributed by atoms with Gasteiger partial charge in [0.05, 0.1) is 25.9 Å². The summed E-state index contributed by atoms with van der Waals surface area (Å²) in [6.07, 6.45) is 41.9. The van der Waals surface area contributed by atoms with Crippen molar-refractivity contribution in [3.05, 3.63) is 72.9 Å². The van der Waals surface area contributed by atoms with E-state index in [0.29, 0.717) is 19.3 Å². The first-order valence-corrected chi connectivity index (χ1v) is 23.9. The minimum atomic E-state index is -4.66. The second kappa shape index (κ2) is 40.8. The summed E-state index contributed by atoms with van der Waals surface area (Å²) < 4.78 is 32.6. The van der Waals surface area contributed by atoms with E-state index in [-0.39, 0.29) is 12.8 Å². The Balaban J connectivity index is 4.49. The summed E-state index contributed by atoms with van der Waals surface area (Å²) in [5.41, 5.74) is 0. The lowest BCUT2D eigenvalue weighted by Gasteiger charge is -2.20. The molecular formula is C47H81O11P. The molecule has 12 heteroatoms. The van der Waals surface area contributed by atoms with E-state index in [9.17, 15) is 29.3 Å². The SMILES string of the molecule is CC/C=C\C/C=C\C/C=C\C/C=C\C=C/C(O)C/C=C\CCC(=O)OC[C@H](COP(=O)(O)OC[C@@H](O)CO)OC(=O)CCCCCCCCCCCCCCCC(C)C. The average Bonchev–Trinajstić information content (AvgIpc) is 3.20. The van der Waals surface area contributed by atoms with Gasteiger partial charge in [-0.2, -0.15) is 0 Å². The number of esters is 2. The van der Waals surface area contributed by atoms with Gasteiger partial charge in [-0.3, -0.25) is 18.6 Å². The first-order valence-electron chi connectivity index (χ1n) is 22.4. The lowest BCUT2D eigenvalue weighted by Crippen LogP contribution is -2.29. The zero-order chi connectivity index (χ0) is 43.7. The quantitative estimate of drug-likeness (QED) is 0.0152. The third-order valence-electron chi connectivity index (χ3n) is 9.15.